The first-order chi connectivity index (χ1) is 9.60. The first-order valence-electron chi connectivity index (χ1n) is 5.70. The number of fused-ring (bicyclic) bond motifs is 1. The van der Waals surface area contributed by atoms with Gasteiger partial charge in [0.05, 0.1) is 22.3 Å². The molecule has 0 spiro atoms. The number of para-hydroxylation sites is 1. The second kappa shape index (κ2) is 4.75. The van der Waals surface area contributed by atoms with Gasteiger partial charge in [0.15, 0.2) is 4.77 Å². The van der Waals surface area contributed by atoms with E-state index in [0.717, 1.165) is 0 Å². The zero-order valence-electron chi connectivity index (χ0n) is 10.0. The van der Waals surface area contributed by atoms with Crippen molar-refractivity contribution in [3.05, 3.63) is 57.6 Å². The fourth-order valence-corrected chi connectivity index (χ4v) is 2.67. The lowest BCUT2D eigenvalue weighted by Gasteiger charge is -2.05. The number of nitrogens with zero attached hydrogens (tertiary/aromatic N) is 2. The summed E-state index contributed by atoms with van der Waals surface area (Å²) in [5.41, 5.74) is 2.33. The van der Waals surface area contributed by atoms with Crippen LogP contribution in [0, 0.1) is 21.9 Å². The maximum Gasteiger partial charge on any atom is 0.182 e. The van der Waals surface area contributed by atoms with Crippen LogP contribution in [0.3, 0.4) is 0 Å². The third-order valence-electron chi connectivity index (χ3n) is 2.94. The molecule has 3 aromatic rings. The van der Waals surface area contributed by atoms with Crippen molar-refractivity contribution < 1.29 is 4.39 Å². The van der Waals surface area contributed by atoms with Gasteiger partial charge >= 0.3 is 0 Å². The third kappa shape index (κ3) is 1.99. The van der Waals surface area contributed by atoms with Gasteiger partial charge in [-0.15, -0.1) is 0 Å². The maximum atomic E-state index is 13.5. The average molecular weight is 304 g/mol. The van der Waals surface area contributed by atoms with Crippen LogP contribution < -0.4 is 0 Å². The Hall–Kier alpha value is -2.16. The van der Waals surface area contributed by atoms with Gasteiger partial charge in [0.25, 0.3) is 0 Å². The zero-order chi connectivity index (χ0) is 14.3. The smallest absolute Gasteiger partial charge is 0.182 e. The molecule has 0 saturated carbocycles. The number of nitriles is 1. The summed E-state index contributed by atoms with van der Waals surface area (Å²) in [6.07, 6.45) is 0. The largest absolute Gasteiger partial charge is 0.329 e. The van der Waals surface area contributed by atoms with Crippen LogP contribution in [-0.4, -0.2) is 9.55 Å². The minimum absolute atomic E-state index is 0.285. The molecule has 0 aliphatic carbocycles. The summed E-state index contributed by atoms with van der Waals surface area (Å²) in [6.45, 7) is 0. The topological polar surface area (TPSA) is 44.5 Å². The molecule has 3 rings (SSSR count). The van der Waals surface area contributed by atoms with E-state index in [4.69, 9.17) is 29.1 Å². The summed E-state index contributed by atoms with van der Waals surface area (Å²) in [5.74, 6) is -0.444. The number of hydrogen-bond donors (Lipinski definition) is 1. The number of aromatic nitrogens is 2. The Bertz CT molecular complexity index is 900. The van der Waals surface area contributed by atoms with Crippen molar-refractivity contribution in [2.24, 2.45) is 0 Å². The number of benzene rings is 2. The van der Waals surface area contributed by atoms with E-state index in [1.54, 1.807) is 28.8 Å². The molecule has 0 aliphatic rings. The molecule has 0 fully saturated rings. The fourth-order valence-electron chi connectivity index (χ4n) is 2.15. The predicted octanol–water partition coefficient (Wildman–Crippen LogP) is 4.35. The lowest BCUT2D eigenvalue weighted by Crippen LogP contribution is -1.95. The summed E-state index contributed by atoms with van der Waals surface area (Å²) in [5, 5.41) is 9.39. The molecule has 1 heterocycles. The minimum atomic E-state index is -0.444. The number of hydrogen-bond acceptors (Lipinski definition) is 2. The molecular formula is C14H7ClFN3S. The highest BCUT2D eigenvalue weighted by Crippen LogP contribution is 2.24. The molecule has 6 heteroatoms. The van der Waals surface area contributed by atoms with E-state index < -0.39 is 5.82 Å². The fraction of sp³-hybridized carbons (Fsp3) is 0. The zero-order valence-corrected chi connectivity index (χ0v) is 11.6. The second-order valence-electron chi connectivity index (χ2n) is 4.20. The van der Waals surface area contributed by atoms with Crippen LogP contribution in [0.2, 0.25) is 5.02 Å². The monoisotopic (exact) mass is 303 g/mol. The Morgan fingerprint density at radius 1 is 1.30 bits per heavy atom. The summed E-state index contributed by atoms with van der Waals surface area (Å²) < 4.78 is 15.5. The predicted molar refractivity (Wildman–Crippen MR) is 78.1 cm³/mol. The number of nitrogens with one attached hydrogen (secondary N) is 1. The van der Waals surface area contributed by atoms with Crippen LogP contribution in [0.1, 0.15) is 5.56 Å². The maximum absolute atomic E-state index is 13.5. The van der Waals surface area contributed by atoms with Gasteiger partial charge in [0.2, 0.25) is 0 Å². The molecule has 1 N–H and O–H groups in total. The molecule has 0 bridgehead atoms. The van der Waals surface area contributed by atoms with Crippen LogP contribution >= 0.6 is 23.8 Å². The van der Waals surface area contributed by atoms with Crippen LogP contribution in [0.25, 0.3) is 16.7 Å². The number of H-pyrrole nitrogens is 1. The van der Waals surface area contributed by atoms with Crippen LogP contribution in [-0.2, 0) is 0 Å². The molecule has 2 aromatic carbocycles. The van der Waals surface area contributed by atoms with Gasteiger partial charge in [-0.3, -0.25) is 4.57 Å². The van der Waals surface area contributed by atoms with E-state index in [0.29, 0.717) is 27.1 Å². The highest BCUT2D eigenvalue weighted by molar-refractivity contribution is 7.71. The van der Waals surface area contributed by atoms with Crippen LogP contribution in [0.5, 0.6) is 0 Å². The summed E-state index contributed by atoms with van der Waals surface area (Å²) in [4.78, 5) is 2.97. The quantitative estimate of drug-likeness (QED) is 0.679. The van der Waals surface area contributed by atoms with Gasteiger partial charge in [-0.2, -0.15) is 5.26 Å². The van der Waals surface area contributed by atoms with E-state index in [9.17, 15) is 4.39 Å². The molecule has 0 radical (unpaired) electrons. The number of imidazole rings is 1. The Morgan fingerprint density at radius 2 is 2.10 bits per heavy atom. The highest BCUT2D eigenvalue weighted by atomic mass is 35.5. The molecule has 0 atom stereocenters. The van der Waals surface area contributed by atoms with Gasteiger partial charge in [0, 0.05) is 5.02 Å². The van der Waals surface area contributed by atoms with Gasteiger partial charge in [0.1, 0.15) is 11.9 Å². The molecule has 98 valence electrons. The number of rotatable bonds is 1. The van der Waals surface area contributed by atoms with Gasteiger partial charge in [-0.1, -0.05) is 17.7 Å². The standard InChI is InChI=1S/C14H7ClFN3S/c15-9-4-10(16)6-11(5-9)19-12-3-1-2-8(7-17)13(12)18-14(19)20/h1-6H,(H,18,20). The van der Waals surface area contributed by atoms with E-state index in [1.165, 1.54) is 12.1 Å². The lowest BCUT2D eigenvalue weighted by molar-refractivity contribution is 0.627. The van der Waals surface area contributed by atoms with Gasteiger partial charge in [-0.25, -0.2) is 4.39 Å². The molecule has 0 saturated heterocycles. The molecule has 20 heavy (non-hydrogen) atoms. The second-order valence-corrected chi connectivity index (χ2v) is 5.03. The Morgan fingerprint density at radius 3 is 2.80 bits per heavy atom. The van der Waals surface area contributed by atoms with Crippen LogP contribution in [0.15, 0.2) is 36.4 Å². The van der Waals surface area contributed by atoms with E-state index >= 15 is 0 Å². The summed E-state index contributed by atoms with van der Waals surface area (Å²) >= 11 is 11.1. The van der Waals surface area contributed by atoms with Crippen LogP contribution in [0.4, 0.5) is 4.39 Å². The normalized spacial score (nSPS) is 10.7. The summed E-state index contributed by atoms with van der Waals surface area (Å²) in [6, 6.07) is 11.5. The molecular weight excluding hydrogens is 297 g/mol. The Kier molecular flexibility index (Phi) is 3.05. The Labute approximate surface area is 123 Å². The van der Waals surface area contributed by atoms with Crippen molar-refractivity contribution >= 4 is 34.9 Å². The highest BCUT2D eigenvalue weighted by Gasteiger charge is 2.11. The van der Waals surface area contributed by atoms with E-state index in [2.05, 4.69) is 11.1 Å². The molecule has 1 aromatic heterocycles. The van der Waals surface area contributed by atoms with Crippen molar-refractivity contribution in [2.75, 3.05) is 0 Å². The van der Waals surface area contributed by atoms with E-state index in [1.807, 2.05) is 0 Å². The lowest BCUT2D eigenvalue weighted by atomic mass is 10.2. The van der Waals surface area contributed by atoms with Crippen molar-refractivity contribution in [3.8, 4) is 11.8 Å². The van der Waals surface area contributed by atoms with Crippen molar-refractivity contribution in [2.45, 2.75) is 0 Å². The average Bonchev–Trinajstić information content (AvgIpc) is 2.73. The summed E-state index contributed by atoms with van der Waals surface area (Å²) in [7, 11) is 0. The molecule has 0 amide bonds. The number of halogens is 2. The first kappa shape index (κ1) is 12.9. The van der Waals surface area contributed by atoms with E-state index in [-0.39, 0.29) is 5.02 Å². The Balaban J connectivity index is 2.40. The van der Waals surface area contributed by atoms with Crippen molar-refractivity contribution in [1.29, 1.82) is 5.26 Å². The van der Waals surface area contributed by atoms with Gasteiger partial charge in [-0.05, 0) is 42.5 Å². The van der Waals surface area contributed by atoms with Gasteiger partial charge < -0.3 is 4.98 Å². The molecule has 0 unspecified atom stereocenters. The minimum Gasteiger partial charge on any atom is -0.329 e. The third-order valence-corrected chi connectivity index (χ3v) is 3.45. The number of aromatic amines is 1. The first-order valence-corrected chi connectivity index (χ1v) is 6.49. The van der Waals surface area contributed by atoms with Crippen molar-refractivity contribution in [1.82, 2.24) is 9.55 Å². The molecule has 3 nitrogen and oxygen atoms in total. The SMILES string of the molecule is N#Cc1cccc2c1[nH]c(=S)n2-c1cc(F)cc(Cl)c1. The molecule has 0 aliphatic heterocycles. The van der Waals surface area contributed by atoms with Crippen molar-refractivity contribution in [3.63, 3.8) is 0 Å².